The minimum Gasteiger partial charge on any atom is -0.481 e. The Hall–Kier alpha value is -1.23. The third-order valence-corrected chi connectivity index (χ3v) is 2.08. The van der Waals surface area contributed by atoms with Crippen molar-refractivity contribution in [2.45, 2.75) is 19.8 Å². The Kier molecular flexibility index (Phi) is 3.57. The molecule has 0 amide bonds. The maximum atomic E-state index is 12.5. The molecule has 3 nitrogen and oxygen atoms in total. The Bertz CT molecular complexity index is 396. The predicted octanol–water partition coefficient (Wildman–Crippen LogP) is 2.61. The zero-order chi connectivity index (χ0) is 11.6. The molecule has 15 heavy (non-hydrogen) atoms. The number of rotatable bonds is 3. The van der Waals surface area contributed by atoms with Crippen molar-refractivity contribution in [1.82, 2.24) is 4.98 Å². The number of halogens is 3. The summed E-state index contributed by atoms with van der Waals surface area (Å²) in [6, 6.07) is 1.37. The highest BCUT2D eigenvalue weighted by Crippen LogP contribution is 2.26. The Morgan fingerprint density at radius 1 is 1.67 bits per heavy atom. The standard InChI is InChI=1S/C9H8ClF2NO2/c1-4-2-6(10)13-8(9(11)12)5(4)3-7(14)15/h2,9H,3H2,1H3,(H,14,15). The zero-order valence-corrected chi connectivity index (χ0v) is 8.55. The molecule has 0 aliphatic rings. The van der Waals surface area contributed by atoms with Gasteiger partial charge in [0.05, 0.1) is 6.42 Å². The number of carboxylic acids is 1. The second kappa shape index (κ2) is 4.53. The first-order valence-corrected chi connectivity index (χ1v) is 4.45. The molecule has 1 heterocycles. The van der Waals surface area contributed by atoms with E-state index in [4.69, 9.17) is 16.7 Å². The molecule has 1 N–H and O–H groups in total. The van der Waals surface area contributed by atoms with Crippen molar-refractivity contribution < 1.29 is 18.7 Å². The molecular formula is C9H8ClF2NO2. The van der Waals surface area contributed by atoms with E-state index in [9.17, 15) is 13.6 Å². The smallest absolute Gasteiger partial charge is 0.307 e. The van der Waals surface area contributed by atoms with Crippen LogP contribution in [0.15, 0.2) is 6.07 Å². The lowest BCUT2D eigenvalue weighted by molar-refractivity contribution is -0.136. The molecule has 0 fully saturated rings. The van der Waals surface area contributed by atoms with Crippen molar-refractivity contribution in [2.24, 2.45) is 0 Å². The van der Waals surface area contributed by atoms with Crippen LogP contribution in [-0.2, 0) is 11.2 Å². The summed E-state index contributed by atoms with van der Waals surface area (Å²) in [7, 11) is 0. The molecule has 0 saturated heterocycles. The number of nitrogens with zero attached hydrogens (tertiary/aromatic N) is 1. The lowest BCUT2D eigenvalue weighted by atomic mass is 10.0. The van der Waals surface area contributed by atoms with Gasteiger partial charge in [0.25, 0.3) is 6.43 Å². The second-order valence-electron chi connectivity index (χ2n) is 3.00. The fourth-order valence-electron chi connectivity index (χ4n) is 1.24. The molecule has 0 aliphatic carbocycles. The van der Waals surface area contributed by atoms with E-state index < -0.39 is 24.5 Å². The van der Waals surface area contributed by atoms with Crippen LogP contribution in [0.25, 0.3) is 0 Å². The van der Waals surface area contributed by atoms with Crippen LogP contribution >= 0.6 is 11.6 Å². The Balaban J connectivity index is 3.26. The summed E-state index contributed by atoms with van der Waals surface area (Å²) >= 11 is 5.51. The summed E-state index contributed by atoms with van der Waals surface area (Å²) in [6.07, 6.45) is -3.30. The first kappa shape index (κ1) is 11.8. The SMILES string of the molecule is Cc1cc(Cl)nc(C(F)F)c1CC(=O)O. The maximum Gasteiger partial charge on any atom is 0.307 e. The van der Waals surface area contributed by atoms with Crippen LogP contribution in [0, 0.1) is 6.92 Å². The lowest BCUT2D eigenvalue weighted by Crippen LogP contribution is -2.08. The third-order valence-electron chi connectivity index (χ3n) is 1.88. The summed E-state index contributed by atoms with van der Waals surface area (Å²) < 4.78 is 25.0. The van der Waals surface area contributed by atoms with Crippen molar-refractivity contribution in [3.63, 3.8) is 0 Å². The topological polar surface area (TPSA) is 50.2 Å². The highest BCUT2D eigenvalue weighted by Gasteiger charge is 2.19. The summed E-state index contributed by atoms with van der Waals surface area (Å²) in [6.45, 7) is 1.53. The van der Waals surface area contributed by atoms with Gasteiger partial charge in [0, 0.05) is 0 Å². The van der Waals surface area contributed by atoms with Gasteiger partial charge in [-0.05, 0) is 24.1 Å². The number of carboxylic acid groups (broad SMARTS) is 1. The lowest BCUT2D eigenvalue weighted by Gasteiger charge is -2.09. The number of aryl methyl sites for hydroxylation is 1. The fourth-order valence-corrected chi connectivity index (χ4v) is 1.50. The van der Waals surface area contributed by atoms with Crippen molar-refractivity contribution in [3.8, 4) is 0 Å². The van der Waals surface area contributed by atoms with Gasteiger partial charge in [-0.2, -0.15) is 0 Å². The molecule has 0 radical (unpaired) electrons. The van der Waals surface area contributed by atoms with E-state index in [1.165, 1.54) is 13.0 Å². The molecular weight excluding hydrogens is 228 g/mol. The minimum atomic E-state index is -2.82. The van der Waals surface area contributed by atoms with Gasteiger partial charge in [0.15, 0.2) is 0 Å². The first-order valence-electron chi connectivity index (χ1n) is 4.07. The molecule has 0 unspecified atom stereocenters. The Labute approximate surface area is 89.7 Å². The normalized spacial score (nSPS) is 10.7. The summed E-state index contributed by atoms with van der Waals surface area (Å²) in [4.78, 5) is 13.9. The number of hydrogen-bond donors (Lipinski definition) is 1. The van der Waals surface area contributed by atoms with Gasteiger partial charge < -0.3 is 5.11 Å². The van der Waals surface area contributed by atoms with E-state index >= 15 is 0 Å². The van der Waals surface area contributed by atoms with Crippen molar-refractivity contribution in [1.29, 1.82) is 0 Å². The summed E-state index contributed by atoms with van der Waals surface area (Å²) in [5.41, 5.74) is -0.114. The number of aliphatic carboxylic acids is 1. The Morgan fingerprint density at radius 2 is 2.27 bits per heavy atom. The summed E-state index contributed by atoms with van der Waals surface area (Å²) in [5, 5.41) is 8.50. The molecule has 0 saturated carbocycles. The van der Waals surface area contributed by atoms with Gasteiger partial charge in [-0.15, -0.1) is 0 Å². The largest absolute Gasteiger partial charge is 0.481 e. The van der Waals surface area contributed by atoms with Crippen LogP contribution < -0.4 is 0 Å². The molecule has 82 valence electrons. The van der Waals surface area contributed by atoms with E-state index in [1.807, 2.05) is 0 Å². The maximum absolute atomic E-state index is 12.5. The van der Waals surface area contributed by atoms with Crippen LogP contribution in [0.2, 0.25) is 5.15 Å². The Morgan fingerprint density at radius 3 is 2.73 bits per heavy atom. The average molecular weight is 236 g/mol. The predicted molar refractivity (Wildman–Crippen MR) is 50.3 cm³/mol. The van der Waals surface area contributed by atoms with Crippen molar-refractivity contribution >= 4 is 17.6 Å². The van der Waals surface area contributed by atoms with Crippen molar-refractivity contribution in [3.05, 3.63) is 28.0 Å². The average Bonchev–Trinajstić information content (AvgIpc) is 2.08. The minimum absolute atomic E-state index is 0.0295. The number of carbonyl (C=O) groups is 1. The molecule has 0 bridgehead atoms. The molecule has 0 atom stereocenters. The van der Waals surface area contributed by atoms with E-state index in [0.717, 1.165) is 0 Å². The molecule has 0 spiro atoms. The van der Waals surface area contributed by atoms with Crippen LogP contribution in [0.5, 0.6) is 0 Å². The van der Waals surface area contributed by atoms with Gasteiger partial charge in [0.1, 0.15) is 10.8 Å². The summed E-state index contributed by atoms with van der Waals surface area (Å²) in [5.74, 6) is -1.18. The van der Waals surface area contributed by atoms with Crippen LogP contribution in [0.4, 0.5) is 8.78 Å². The molecule has 1 aromatic rings. The van der Waals surface area contributed by atoms with Crippen LogP contribution in [0.1, 0.15) is 23.2 Å². The van der Waals surface area contributed by atoms with E-state index in [-0.39, 0.29) is 10.7 Å². The number of pyridine rings is 1. The van der Waals surface area contributed by atoms with Gasteiger partial charge in [-0.3, -0.25) is 4.79 Å². The highest BCUT2D eigenvalue weighted by molar-refractivity contribution is 6.29. The van der Waals surface area contributed by atoms with Crippen molar-refractivity contribution in [2.75, 3.05) is 0 Å². The van der Waals surface area contributed by atoms with E-state index in [1.54, 1.807) is 0 Å². The molecule has 1 rings (SSSR count). The van der Waals surface area contributed by atoms with Gasteiger partial charge >= 0.3 is 5.97 Å². The van der Waals surface area contributed by atoms with Gasteiger partial charge in [-0.25, -0.2) is 13.8 Å². The highest BCUT2D eigenvalue weighted by atomic mass is 35.5. The number of hydrogen-bond acceptors (Lipinski definition) is 2. The molecule has 1 aromatic heterocycles. The number of aromatic nitrogens is 1. The molecule has 0 aromatic carbocycles. The van der Waals surface area contributed by atoms with E-state index in [0.29, 0.717) is 5.56 Å². The van der Waals surface area contributed by atoms with Gasteiger partial charge in [-0.1, -0.05) is 11.6 Å². The first-order chi connectivity index (χ1) is 6.91. The quantitative estimate of drug-likeness (QED) is 0.820. The molecule has 6 heteroatoms. The van der Waals surface area contributed by atoms with Crippen LogP contribution in [-0.4, -0.2) is 16.1 Å². The zero-order valence-electron chi connectivity index (χ0n) is 7.80. The van der Waals surface area contributed by atoms with Gasteiger partial charge in [0.2, 0.25) is 0 Å². The molecule has 0 aliphatic heterocycles. The third kappa shape index (κ3) is 2.86. The van der Waals surface area contributed by atoms with E-state index in [2.05, 4.69) is 4.98 Å². The number of alkyl halides is 2. The fraction of sp³-hybridized carbons (Fsp3) is 0.333. The second-order valence-corrected chi connectivity index (χ2v) is 3.38. The monoisotopic (exact) mass is 235 g/mol. The van der Waals surface area contributed by atoms with Crippen LogP contribution in [0.3, 0.4) is 0 Å².